The fraction of sp³-hybridized carbons (Fsp3) is 0.778. The molecule has 0 saturated carbocycles. The van der Waals surface area contributed by atoms with E-state index in [4.69, 9.17) is 9.47 Å². The van der Waals surface area contributed by atoms with E-state index in [1.165, 1.54) is 0 Å². The van der Waals surface area contributed by atoms with Gasteiger partial charge in [-0.05, 0) is 6.92 Å². The van der Waals surface area contributed by atoms with Crippen LogP contribution in [-0.4, -0.2) is 45.3 Å². The van der Waals surface area contributed by atoms with Crippen LogP contribution in [0.2, 0.25) is 0 Å². The monoisotopic (exact) mass is 204 g/mol. The first kappa shape index (κ1) is 13.1. The molecular weight excluding hydrogens is 188 g/mol. The molecule has 5 heteroatoms. The fourth-order valence-corrected chi connectivity index (χ4v) is 0.752. The Kier molecular flexibility index (Phi) is 8.07. The molecule has 0 aromatic carbocycles. The SMILES string of the molecule is CCOC(=O)CC(=O)COCCOC. The summed E-state index contributed by atoms with van der Waals surface area (Å²) in [5, 5.41) is 0. The number of methoxy groups -OCH3 is 1. The molecule has 0 amide bonds. The van der Waals surface area contributed by atoms with E-state index in [1.807, 2.05) is 0 Å². The van der Waals surface area contributed by atoms with Crippen LogP contribution >= 0.6 is 0 Å². The Labute approximate surface area is 83.3 Å². The molecule has 0 bridgehead atoms. The van der Waals surface area contributed by atoms with Crippen molar-refractivity contribution in [2.24, 2.45) is 0 Å². The summed E-state index contributed by atoms with van der Waals surface area (Å²) in [6.07, 6.45) is -0.221. The average Bonchev–Trinajstić information content (AvgIpc) is 2.13. The van der Waals surface area contributed by atoms with Gasteiger partial charge in [-0.3, -0.25) is 9.59 Å². The molecule has 0 aliphatic heterocycles. The normalized spacial score (nSPS) is 9.86. The van der Waals surface area contributed by atoms with Crippen LogP contribution in [0.25, 0.3) is 0 Å². The summed E-state index contributed by atoms with van der Waals surface area (Å²) in [5.41, 5.74) is 0. The minimum Gasteiger partial charge on any atom is -0.466 e. The van der Waals surface area contributed by atoms with Crippen LogP contribution in [0.4, 0.5) is 0 Å². The minimum absolute atomic E-state index is 0.0673. The third-order valence-electron chi connectivity index (χ3n) is 1.34. The van der Waals surface area contributed by atoms with Gasteiger partial charge in [0.2, 0.25) is 0 Å². The van der Waals surface area contributed by atoms with E-state index >= 15 is 0 Å². The van der Waals surface area contributed by atoms with Gasteiger partial charge in [0.05, 0.1) is 19.8 Å². The van der Waals surface area contributed by atoms with Crippen LogP contribution < -0.4 is 0 Å². The van der Waals surface area contributed by atoms with E-state index in [0.717, 1.165) is 0 Å². The van der Waals surface area contributed by atoms with E-state index in [1.54, 1.807) is 14.0 Å². The smallest absolute Gasteiger partial charge is 0.313 e. The third kappa shape index (κ3) is 7.70. The van der Waals surface area contributed by atoms with E-state index in [-0.39, 0.29) is 25.4 Å². The van der Waals surface area contributed by atoms with Gasteiger partial charge in [0.15, 0.2) is 5.78 Å². The Hall–Kier alpha value is -0.940. The van der Waals surface area contributed by atoms with Crippen molar-refractivity contribution in [1.29, 1.82) is 0 Å². The highest BCUT2D eigenvalue weighted by atomic mass is 16.5. The highest BCUT2D eigenvalue weighted by molar-refractivity contribution is 5.96. The van der Waals surface area contributed by atoms with E-state index in [0.29, 0.717) is 13.2 Å². The number of carbonyl (C=O) groups is 2. The molecule has 0 unspecified atom stereocenters. The number of Topliss-reactive ketones (excluding diaryl/α,β-unsaturated/α-hetero) is 1. The summed E-state index contributed by atoms with van der Waals surface area (Å²) < 4.78 is 14.2. The Morgan fingerprint density at radius 3 is 2.50 bits per heavy atom. The second-order valence-corrected chi connectivity index (χ2v) is 2.57. The lowest BCUT2D eigenvalue weighted by Crippen LogP contribution is -2.17. The van der Waals surface area contributed by atoms with Crippen molar-refractivity contribution < 1.29 is 23.8 Å². The molecular formula is C9H16O5. The van der Waals surface area contributed by atoms with Crippen molar-refractivity contribution in [3.05, 3.63) is 0 Å². The summed E-state index contributed by atoms with van der Waals surface area (Å²) in [7, 11) is 1.55. The van der Waals surface area contributed by atoms with E-state index < -0.39 is 5.97 Å². The second kappa shape index (κ2) is 8.65. The van der Waals surface area contributed by atoms with Gasteiger partial charge >= 0.3 is 5.97 Å². The number of ether oxygens (including phenoxy) is 3. The van der Waals surface area contributed by atoms with Gasteiger partial charge in [0, 0.05) is 7.11 Å². The Balaban J connectivity index is 3.40. The highest BCUT2D eigenvalue weighted by Crippen LogP contribution is 1.90. The maximum atomic E-state index is 11.0. The van der Waals surface area contributed by atoms with Gasteiger partial charge in [0.25, 0.3) is 0 Å². The lowest BCUT2D eigenvalue weighted by Gasteiger charge is -2.02. The predicted octanol–water partition coefficient (Wildman–Crippen LogP) is 0.172. The molecule has 0 aromatic heterocycles. The number of esters is 1. The molecule has 0 radical (unpaired) electrons. The molecule has 82 valence electrons. The van der Waals surface area contributed by atoms with Crippen LogP contribution in [0.1, 0.15) is 13.3 Å². The van der Waals surface area contributed by atoms with Crippen molar-refractivity contribution in [1.82, 2.24) is 0 Å². The lowest BCUT2D eigenvalue weighted by atomic mass is 10.3. The van der Waals surface area contributed by atoms with Gasteiger partial charge in [0.1, 0.15) is 13.0 Å². The zero-order valence-corrected chi connectivity index (χ0v) is 8.58. The fourth-order valence-electron chi connectivity index (χ4n) is 0.752. The van der Waals surface area contributed by atoms with E-state index in [9.17, 15) is 9.59 Å². The maximum Gasteiger partial charge on any atom is 0.313 e. The number of carbonyl (C=O) groups excluding carboxylic acids is 2. The number of rotatable bonds is 8. The molecule has 0 N–H and O–H groups in total. The average molecular weight is 204 g/mol. The second-order valence-electron chi connectivity index (χ2n) is 2.57. The van der Waals surface area contributed by atoms with Gasteiger partial charge < -0.3 is 14.2 Å². The first-order chi connectivity index (χ1) is 6.70. The summed E-state index contributed by atoms with van der Waals surface area (Å²) in [4.78, 5) is 21.8. The standard InChI is InChI=1S/C9H16O5/c1-3-14-9(11)6-8(10)7-13-5-4-12-2/h3-7H2,1-2H3. The van der Waals surface area contributed by atoms with E-state index in [2.05, 4.69) is 4.74 Å². The zero-order chi connectivity index (χ0) is 10.8. The van der Waals surface area contributed by atoms with Crippen LogP contribution in [0.3, 0.4) is 0 Å². The molecule has 5 nitrogen and oxygen atoms in total. The summed E-state index contributed by atoms with van der Waals surface area (Å²) in [6.45, 7) is 2.70. The third-order valence-corrected chi connectivity index (χ3v) is 1.34. The lowest BCUT2D eigenvalue weighted by molar-refractivity contribution is -0.146. The Morgan fingerprint density at radius 1 is 1.21 bits per heavy atom. The largest absolute Gasteiger partial charge is 0.466 e. The van der Waals surface area contributed by atoms with Crippen molar-refractivity contribution in [3.8, 4) is 0 Å². The van der Waals surface area contributed by atoms with Crippen LogP contribution in [0, 0.1) is 0 Å². The molecule has 0 fully saturated rings. The maximum absolute atomic E-state index is 11.0. The van der Waals surface area contributed by atoms with Crippen LogP contribution in [-0.2, 0) is 23.8 Å². The van der Waals surface area contributed by atoms with Crippen molar-refractivity contribution in [3.63, 3.8) is 0 Å². The number of ketones is 1. The quantitative estimate of drug-likeness (QED) is 0.320. The minimum atomic E-state index is -0.507. The zero-order valence-electron chi connectivity index (χ0n) is 8.58. The highest BCUT2D eigenvalue weighted by Gasteiger charge is 2.09. The van der Waals surface area contributed by atoms with Crippen LogP contribution in [0.15, 0.2) is 0 Å². The van der Waals surface area contributed by atoms with Gasteiger partial charge in [-0.1, -0.05) is 0 Å². The van der Waals surface area contributed by atoms with Gasteiger partial charge in [-0.2, -0.15) is 0 Å². The Morgan fingerprint density at radius 2 is 1.93 bits per heavy atom. The summed E-state index contributed by atoms with van der Waals surface area (Å²) in [5.74, 6) is -0.785. The number of hydrogen-bond donors (Lipinski definition) is 0. The molecule has 0 rings (SSSR count). The predicted molar refractivity (Wildman–Crippen MR) is 49.0 cm³/mol. The molecule has 0 aliphatic rings. The topological polar surface area (TPSA) is 61.8 Å². The molecule has 0 aliphatic carbocycles. The van der Waals surface area contributed by atoms with Crippen molar-refractivity contribution in [2.75, 3.05) is 33.5 Å². The molecule has 0 saturated heterocycles. The number of hydrogen-bond acceptors (Lipinski definition) is 5. The molecule has 0 aromatic rings. The summed E-state index contributed by atoms with van der Waals surface area (Å²) in [6, 6.07) is 0. The first-order valence-electron chi connectivity index (χ1n) is 4.44. The van der Waals surface area contributed by atoms with Crippen molar-refractivity contribution >= 4 is 11.8 Å². The molecule has 14 heavy (non-hydrogen) atoms. The summed E-state index contributed by atoms with van der Waals surface area (Å²) >= 11 is 0. The van der Waals surface area contributed by atoms with Crippen molar-refractivity contribution in [2.45, 2.75) is 13.3 Å². The first-order valence-corrected chi connectivity index (χ1v) is 4.44. The van der Waals surface area contributed by atoms with Gasteiger partial charge in [-0.25, -0.2) is 0 Å². The molecule has 0 heterocycles. The van der Waals surface area contributed by atoms with Gasteiger partial charge in [-0.15, -0.1) is 0 Å². The van der Waals surface area contributed by atoms with Crippen LogP contribution in [0.5, 0.6) is 0 Å². The molecule has 0 spiro atoms. The Bertz CT molecular complexity index is 178. The molecule has 0 atom stereocenters.